The van der Waals surface area contributed by atoms with E-state index in [1.807, 2.05) is 0 Å². The van der Waals surface area contributed by atoms with Gasteiger partial charge in [-0.15, -0.1) is 12.1 Å². The summed E-state index contributed by atoms with van der Waals surface area (Å²) in [5.74, 6) is 0. The monoisotopic (exact) mass is 121 g/mol. The molecule has 0 spiro atoms. The van der Waals surface area contributed by atoms with Gasteiger partial charge in [-0.1, -0.05) is 34.1 Å². The summed E-state index contributed by atoms with van der Waals surface area (Å²) in [5, 5.41) is 4.40. The van der Waals surface area contributed by atoms with Crippen molar-refractivity contribution in [3.63, 3.8) is 0 Å². The van der Waals surface area contributed by atoms with Crippen LogP contribution in [0.5, 0.6) is 0 Å². The molecule has 0 rings (SSSR count). The summed E-state index contributed by atoms with van der Waals surface area (Å²) in [5.41, 5.74) is 0. The van der Waals surface area contributed by atoms with Crippen LogP contribution in [-0.4, -0.2) is 12.1 Å². The third-order valence-corrected chi connectivity index (χ3v) is 1.14. The molecule has 1 unspecified atom stereocenters. The zero-order chi connectivity index (χ0) is 6.57. The van der Waals surface area contributed by atoms with Crippen molar-refractivity contribution in [3.8, 4) is 0 Å². The van der Waals surface area contributed by atoms with Gasteiger partial charge in [0.25, 0.3) is 0 Å². The Morgan fingerprint density at radius 3 is 1.78 bits per heavy atom. The van der Waals surface area contributed by atoms with Gasteiger partial charge in [0.2, 0.25) is 0 Å². The molecule has 0 saturated heterocycles. The average molecular weight is 121 g/mol. The van der Waals surface area contributed by atoms with E-state index in [1.54, 1.807) is 0 Å². The van der Waals surface area contributed by atoms with E-state index >= 15 is 0 Å². The molecule has 0 aliphatic rings. The fraction of sp³-hybridized carbons (Fsp3) is 1.00. The first-order chi connectivity index (χ1) is 3.66. The van der Waals surface area contributed by atoms with Crippen molar-refractivity contribution in [1.82, 2.24) is 0 Å². The van der Waals surface area contributed by atoms with E-state index in [4.69, 9.17) is 0 Å². The van der Waals surface area contributed by atoms with E-state index in [0.717, 1.165) is 6.42 Å². The summed E-state index contributed by atoms with van der Waals surface area (Å²) in [4.78, 5) is 0. The summed E-state index contributed by atoms with van der Waals surface area (Å²) >= 11 is 0. The van der Waals surface area contributed by atoms with Gasteiger partial charge in [0.05, 0.1) is 0 Å². The van der Waals surface area contributed by atoms with Gasteiger partial charge in [-0.05, 0) is 0 Å². The molecule has 0 aromatic heterocycles. The Bertz CT molecular complexity index is 54.9. The summed E-state index contributed by atoms with van der Waals surface area (Å²) < 4.78 is 0. The van der Waals surface area contributed by atoms with Crippen LogP contribution in [0.15, 0.2) is 0 Å². The summed E-state index contributed by atoms with van der Waals surface area (Å²) in [6.07, 6.45) is 1.16. The van der Waals surface area contributed by atoms with Gasteiger partial charge in [0.15, 0.2) is 0 Å². The van der Waals surface area contributed by atoms with Crippen LogP contribution in [0.1, 0.15) is 34.1 Å². The summed E-state index contributed by atoms with van der Waals surface area (Å²) in [6, 6.07) is 1.06. The SMILES string of the molecule is CCC(C)[N-]C(C)C.[Li+]. The molecule has 9 heavy (non-hydrogen) atoms. The molecule has 0 N–H and O–H groups in total. The van der Waals surface area contributed by atoms with Crippen molar-refractivity contribution in [2.24, 2.45) is 0 Å². The van der Waals surface area contributed by atoms with Crippen molar-refractivity contribution in [3.05, 3.63) is 5.32 Å². The maximum Gasteiger partial charge on any atom is 1.00 e. The van der Waals surface area contributed by atoms with Crippen LogP contribution >= 0.6 is 0 Å². The van der Waals surface area contributed by atoms with Gasteiger partial charge in [0.1, 0.15) is 0 Å². The molecule has 0 radical (unpaired) electrons. The van der Waals surface area contributed by atoms with Crippen molar-refractivity contribution in [2.75, 3.05) is 0 Å². The molecule has 1 atom stereocenters. The Morgan fingerprint density at radius 2 is 1.67 bits per heavy atom. The number of hydrogen-bond donors (Lipinski definition) is 0. The first-order valence-corrected chi connectivity index (χ1v) is 3.36. The maximum atomic E-state index is 4.40. The molecule has 0 heterocycles. The first-order valence-electron chi connectivity index (χ1n) is 3.36. The van der Waals surface area contributed by atoms with Gasteiger partial charge >= 0.3 is 18.9 Å². The topological polar surface area (TPSA) is 14.1 Å². The molecule has 1 nitrogen and oxygen atoms in total. The third kappa shape index (κ3) is 8.56. The average Bonchev–Trinajstić information content (AvgIpc) is 1.65. The van der Waals surface area contributed by atoms with Gasteiger partial charge in [-0.2, -0.15) is 0 Å². The number of rotatable bonds is 3. The third-order valence-electron chi connectivity index (χ3n) is 1.14. The molecule has 0 aliphatic carbocycles. The molecule has 50 valence electrons. The molecular weight excluding hydrogens is 105 g/mol. The van der Waals surface area contributed by atoms with Crippen LogP contribution in [0.3, 0.4) is 0 Å². The molecule has 0 aromatic rings. The fourth-order valence-electron chi connectivity index (χ4n) is 0.614. The molecule has 0 fully saturated rings. The van der Waals surface area contributed by atoms with Crippen molar-refractivity contribution in [1.29, 1.82) is 0 Å². The second-order valence-corrected chi connectivity index (χ2v) is 2.50. The Labute approximate surface area is 70.8 Å². The van der Waals surface area contributed by atoms with E-state index in [-0.39, 0.29) is 18.9 Å². The summed E-state index contributed by atoms with van der Waals surface area (Å²) in [7, 11) is 0. The smallest absolute Gasteiger partial charge is 0.657 e. The molecule has 0 aliphatic heterocycles. The second-order valence-electron chi connectivity index (χ2n) is 2.50. The normalized spacial score (nSPS) is 13.0. The van der Waals surface area contributed by atoms with Crippen LogP contribution in [0.25, 0.3) is 5.32 Å². The summed E-state index contributed by atoms with van der Waals surface area (Å²) in [6.45, 7) is 8.55. The Morgan fingerprint density at radius 1 is 1.22 bits per heavy atom. The van der Waals surface area contributed by atoms with Crippen LogP contribution in [0.4, 0.5) is 0 Å². The molecule has 0 bridgehead atoms. The van der Waals surface area contributed by atoms with Crippen molar-refractivity contribution in [2.45, 2.75) is 46.2 Å². The van der Waals surface area contributed by atoms with Gasteiger partial charge in [-0.3, -0.25) is 0 Å². The van der Waals surface area contributed by atoms with Crippen LogP contribution < -0.4 is 18.9 Å². The van der Waals surface area contributed by atoms with E-state index in [2.05, 4.69) is 33.0 Å². The minimum Gasteiger partial charge on any atom is -0.657 e. The van der Waals surface area contributed by atoms with Crippen LogP contribution in [0, 0.1) is 0 Å². The van der Waals surface area contributed by atoms with E-state index in [1.165, 1.54) is 0 Å². The fourth-order valence-corrected chi connectivity index (χ4v) is 0.614. The predicted octanol–water partition coefficient (Wildman–Crippen LogP) is -0.429. The van der Waals surface area contributed by atoms with Crippen molar-refractivity contribution >= 4 is 0 Å². The number of nitrogens with zero attached hydrogens (tertiary/aromatic N) is 1. The molecular formula is C7H16LiN. The minimum absolute atomic E-state index is 0. The zero-order valence-corrected chi connectivity index (χ0v) is 7.31. The van der Waals surface area contributed by atoms with Crippen LogP contribution in [-0.2, 0) is 0 Å². The minimum atomic E-state index is 0. The Balaban J connectivity index is 0. The zero-order valence-electron chi connectivity index (χ0n) is 7.31. The van der Waals surface area contributed by atoms with Gasteiger partial charge < -0.3 is 5.32 Å². The quantitative estimate of drug-likeness (QED) is 0.450. The van der Waals surface area contributed by atoms with Crippen molar-refractivity contribution < 1.29 is 18.9 Å². The second kappa shape index (κ2) is 6.67. The first kappa shape index (κ1) is 12.3. The maximum absolute atomic E-state index is 4.40. The molecule has 2 heteroatoms. The van der Waals surface area contributed by atoms with Gasteiger partial charge in [-0.25, -0.2) is 0 Å². The van der Waals surface area contributed by atoms with Gasteiger partial charge in [0, 0.05) is 0 Å². The van der Waals surface area contributed by atoms with E-state index in [0.29, 0.717) is 12.1 Å². The van der Waals surface area contributed by atoms with E-state index in [9.17, 15) is 0 Å². The number of hydrogen-bond acceptors (Lipinski definition) is 0. The van der Waals surface area contributed by atoms with Crippen LogP contribution in [0.2, 0.25) is 0 Å². The van der Waals surface area contributed by atoms with E-state index < -0.39 is 0 Å². The molecule has 0 aromatic carbocycles. The predicted molar refractivity (Wildman–Crippen MR) is 38.2 cm³/mol. The largest absolute Gasteiger partial charge is 1.00 e. The Hall–Kier alpha value is 0.557. The molecule has 0 amide bonds. The Kier molecular flexibility index (Phi) is 9.09. The standard InChI is InChI=1S/C7H16N.Li/c1-5-7(4)8-6(2)3;/h6-7H,5H2,1-4H3;/q-1;+1. The molecule has 0 saturated carbocycles.